The van der Waals surface area contributed by atoms with Gasteiger partial charge in [-0.05, 0) is 0 Å². The van der Waals surface area contributed by atoms with Crippen LogP contribution in [0.15, 0.2) is 0 Å². The maximum absolute atomic E-state index is 5.19. The van der Waals surface area contributed by atoms with E-state index < -0.39 is 0 Å². The van der Waals surface area contributed by atoms with Gasteiger partial charge in [0.05, 0.1) is 6.67 Å². The van der Waals surface area contributed by atoms with E-state index in [0.29, 0.717) is 0 Å². The Hall–Kier alpha value is -0.120. The summed E-state index contributed by atoms with van der Waals surface area (Å²) in [7, 11) is 0. The van der Waals surface area contributed by atoms with Crippen molar-refractivity contribution in [1.29, 1.82) is 0 Å². The van der Waals surface area contributed by atoms with Crippen LogP contribution in [-0.2, 0) is 0 Å². The number of hydrogen-bond donors (Lipinski definition) is 2. The Bertz CT molecular complexity index is 41.3. The third-order valence-corrected chi connectivity index (χ3v) is 0.781. The molecule has 0 aromatic rings. The standard InChI is InChI=1S/C3H9N3/c4-1-2-6-3-5-6/h5H,1-4H2. The number of nitrogens with one attached hydrogen (secondary N) is 1. The maximum Gasteiger partial charge on any atom is 0.0755 e. The third-order valence-electron chi connectivity index (χ3n) is 0.781. The zero-order chi connectivity index (χ0) is 4.41. The molecular weight excluding hydrogens is 78.1 g/mol. The third kappa shape index (κ3) is 0.931. The quantitative estimate of drug-likeness (QED) is 0.412. The Labute approximate surface area is 37.1 Å². The molecule has 0 aromatic carbocycles. The molecule has 0 amide bonds. The molecule has 1 aliphatic rings. The fraction of sp³-hybridized carbons (Fsp3) is 1.00. The average molecular weight is 87.1 g/mol. The highest BCUT2D eigenvalue weighted by Gasteiger charge is 2.12. The van der Waals surface area contributed by atoms with Crippen LogP contribution < -0.4 is 11.2 Å². The van der Waals surface area contributed by atoms with Crippen LogP contribution >= 0.6 is 0 Å². The van der Waals surface area contributed by atoms with Gasteiger partial charge in [-0.2, -0.15) is 0 Å². The lowest BCUT2D eigenvalue weighted by atomic mass is 10.7. The topological polar surface area (TPSA) is 51.0 Å². The molecule has 3 nitrogen and oxygen atoms in total. The van der Waals surface area contributed by atoms with Gasteiger partial charge in [0.1, 0.15) is 0 Å². The van der Waals surface area contributed by atoms with E-state index in [0.717, 1.165) is 19.8 Å². The van der Waals surface area contributed by atoms with Gasteiger partial charge in [-0.3, -0.25) is 0 Å². The molecule has 3 N–H and O–H groups in total. The molecule has 0 spiro atoms. The first-order valence-corrected chi connectivity index (χ1v) is 2.12. The van der Waals surface area contributed by atoms with Crippen LogP contribution in [0.2, 0.25) is 0 Å². The maximum atomic E-state index is 5.19. The second-order valence-corrected chi connectivity index (χ2v) is 1.37. The number of rotatable bonds is 2. The van der Waals surface area contributed by atoms with Crippen molar-refractivity contribution in [2.75, 3.05) is 19.8 Å². The largest absolute Gasteiger partial charge is 0.329 e. The molecule has 1 fully saturated rings. The van der Waals surface area contributed by atoms with E-state index in [9.17, 15) is 0 Å². The average Bonchev–Trinajstić information content (AvgIpc) is 2.21. The summed E-state index contributed by atoms with van der Waals surface area (Å²) in [6, 6.07) is 0. The van der Waals surface area contributed by atoms with Crippen LogP contribution in [0.1, 0.15) is 0 Å². The highest BCUT2D eigenvalue weighted by Crippen LogP contribution is 1.88. The summed E-state index contributed by atoms with van der Waals surface area (Å²) in [4.78, 5) is 0. The van der Waals surface area contributed by atoms with Crippen molar-refractivity contribution in [1.82, 2.24) is 10.4 Å². The lowest BCUT2D eigenvalue weighted by molar-refractivity contribution is 0.523. The smallest absolute Gasteiger partial charge is 0.0755 e. The second-order valence-electron chi connectivity index (χ2n) is 1.37. The van der Waals surface area contributed by atoms with Crippen molar-refractivity contribution in [3.8, 4) is 0 Å². The molecule has 1 rings (SSSR count). The summed E-state index contributed by atoms with van der Waals surface area (Å²) in [6.45, 7) is 2.77. The van der Waals surface area contributed by atoms with Crippen molar-refractivity contribution < 1.29 is 0 Å². The number of nitrogens with two attached hydrogens (primary N) is 1. The summed E-state index contributed by atoms with van der Waals surface area (Å²) < 4.78 is 0. The number of nitrogens with zero attached hydrogens (tertiary/aromatic N) is 1. The summed E-state index contributed by atoms with van der Waals surface area (Å²) in [6.07, 6.45) is 0. The highest BCUT2D eigenvalue weighted by atomic mass is 15.7. The molecule has 1 aliphatic heterocycles. The summed E-state index contributed by atoms with van der Waals surface area (Å²) in [5.74, 6) is 0. The second kappa shape index (κ2) is 1.55. The van der Waals surface area contributed by atoms with E-state index in [1.165, 1.54) is 0 Å². The molecular formula is C3H9N3. The molecule has 36 valence electrons. The van der Waals surface area contributed by atoms with E-state index in [-0.39, 0.29) is 0 Å². The van der Waals surface area contributed by atoms with Crippen LogP contribution in [0.5, 0.6) is 0 Å². The van der Waals surface area contributed by atoms with Gasteiger partial charge in [0.25, 0.3) is 0 Å². The normalized spacial score (nSPS) is 30.5. The zero-order valence-corrected chi connectivity index (χ0v) is 3.65. The van der Waals surface area contributed by atoms with Gasteiger partial charge in [0.15, 0.2) is 0 Å². The Morgan fingerprint density at radius 3 is 2.67 bits per heavy atom. The van der Waals surface area contributed by atoms with Gasteiger partial charge in [0, 0.05) is 13.1 Å². The molecule has 1 atom stereocenters. The van der Waals surface area contributed by atoms with Crippen LogP contribution in [0.3, 0.4) is 0 Å². The Kier molecular flexibility index (Phi) is 1.05. The fourth-order valence-electron chi connectivity index (χ4n) is 0.364. The van der Waals surface area contributed by atoms with Gasteiger partial charge < -0.3 is 5.73 Å². The minimum absolute atomic E-state index is 0.757. The highest BCUT2D eigenvalue weighted by molar-refractivity contribution is 4.58. The molecule has 1 saturated heterocycles. The molecule has 1 heterocycles. The molecule has 0 radical (unpaired) electrons. The van der Waals surface area contributed by atoms with E-state index in [1.54, 1.807) is 0 Å². The van der Waals surface area contributed by atoms with Gasteiger partial charge in [-0.15, -0.1) is 0 Å². The monoisotopic (exact) mass is 87.1 g/mol. The first-order chi connectivity index (χ1) is 2.93. The molecule has 0 aliphatic carbocycles. The van der Waals surface area contributed by atoms with Crippen molar-refractivity contribution >= 4 is 0 Å². The predicted molar refractivity (Wildman–Crippen MR) is 23.8 cm³/mol. The molecule has 0 aromatic heterocycles. The molecule has 3 heteroatoms. The summed E-state index contributed by atoms with van der Waals surface area (Å²) in [5, 5.41) is 2.06. The van der Waals surface area contributed by atoms with Gasteiger partial charge in [-0.25, -0.2) is 10.4 Å². The van der Waals surface area contributed by atoms with Crippen molar-refractivity contribution in [2.45, 2.75) is 0 Å². The molecule has 6 heavy (non-hydrogen) atoms. The van der Waals surface area contributed by atoms with Gasteiger partial charge >= 0.3 is 0 Å². The Balaban J connectivity index is 1.88. The van der Waals surface area contributed by atoms with Crippen molar-refractivity contribution in [3.05, 3.63) is 0 Å². The lowest BCUT2D eigenvalue weighted by Crippen LogP contribution is -2.13. The van der Waals surface area contributed by atoms with E-state index in [4.69, 9.17) is 5.73 Å². The zero-order valence-electron chi connectivity index (χ0n) is 3.65. The minimum Gasteiger partial charge on any atom is -0.329 e. The SMILES string of the molecule is NCCN1CN1. The first-order valence-electron chi connectivity index (χ1n) is 2.12. The van der Waals surface area contributed by atoms with E-state index in [2.05, 4.69) is 10.4 Å². The molecule has 0 saturated carbocycles. The number of hydrazine groups is 1. The fourth-order valence-corrected chi connectivity index (χ4v) is 0.364. The predicted octanol–water partition coefficient (Wildman–Crippen LogP) is -1.28. The minimum atomic E-state index is 0.757. The van der Waals surface area contributed by atoms with Crippen LogP contribution in [-0.4, -0.2) is 24.8 Å². The van der Waals surface area contributed by atoms with Crippen LogP contribution in [0, 0.1) is 0 Å². The van der Waals surface area contributed by atoms with Crippen molar-refractivity contribution in [2.24, 2.45) is 5.73 Å². The van der Waals surface area contributed by atoms with Crippen LogP contribution in [0.25, 0.3) is 0 Å². The van der Waals surface area contributed by atoms with Gasteiger partial charge in [-0.1, -0.05) is 0 Å². The lowest BCUT2D eigenvalue weighted by Gasteiger charge is -1.87. The summed E-state index contributed by atoms with van der Waals surface area (Å²) in [5.41, 5.74) is 8.18. The Morgan fingerprint density at radius 2 is 2.50 bits per heavy atom. The van der Waals surface area contributed by atoms with Gasteiger partial charge in [0.2, 0.25) is 0 Å². The summed E-state index contributed by atoms with van der Waals surface area (Å²) >= 11 is 0. The number of hydrogen-bond acceptors (Lipinski definition) is 3. The van der Waals surface area contributed by atoms with E-state index in [1.807, 2.05) is 0 Å². The molecule has 0 bridgehead atoms. The van der Waals surface area contributed by atoms with Crippen molar-refractivity contribution in [3.63, 3.8) is 0 Å². The Morgan fingerprint density at radius 1 is 1.83 bits per heavy atom. The molecule has 1 unspecified atom stereocenters. The first kappa shape index (κ1) is 4.05. The van der Waals surface area contributed by atoms with Crippen LogP contribution in [0.4, 0.5) is 0 Å². The van der Waals surface area contributed by atoms with E-state index >= 15 is 0 Å².